The molecule has 1 aliphatic rings. The van der Waals surface area contributed by atoms with Gasteiger partial charge in [-0.05, 0) is 108 Å². The van der Waals surface area contributed by atoms with Gasteiger partial charge < -0.3 is 14.2 Å². The van der Waals surface area contributed by atoms with Crippen LogP contribution >= 0.6 is 11.8 Å². The first-order valence-electron chi connectivity index (χ1n) is 14.0. The van der Waals surface area contributed by atoms with Crippen molar-refractivity contribution in [1.29, 1.82) is 0 Å². The van der Waals surface area contributed by atoms with Crippen LogP contribution in [0, 0.1) is 0 Å². The lowest BCUT2D eigenvalue weighted by atomic mass is 9.98. The third kappa shape index (κ3) is 7.59. The second kappa shape index (κ2) is 13.5. The van der Waals surface area contributed by atoms with Crippen LogP contribution in [0.2, 0.25) is 0 Å². The van der Waals surface area contributed by atoms with Gasteiger partial charge in [0.1, 0.15) is 17.6 Å². The number of hydrogen-bond donors (Lipinski definition) is 0. The van der Waals surface area contributed by atoms with Crippen LogP contribution in [0.1, 0.15) is 48.9 Å². The van der Waals surface area contributed by atoms with Crippen molar-refractivity contribution in [2.45, 2.75) is 49.5 Å². The van der Waals surface area contributed by atoms with E-state index in [-0.39, 0.29) is 29.0 Å². The molecule has 0 heterocycles. The van der Waals surface area contributed by atoms with E-state index in [4.69, 9.17) is 14.2 Å². The molecule has 0 spiro atoms. The molecule has 5 rings (SSSR count). The number of esters is 3. The Morgan fingerprint density at radius 3 is 2.14 bits per heavy atom. The highest BCUT2D eigenvalue weighted by Crippen LogP contribution is 2.31. The first-order chi connectivity index (χ1) is 20.8. The molecule has 43 heavy (non-hydrogen) atoms. The first kappa shape index (κ1) is 29.8. The summed E-state index contributed by atoms with van der Waals surface area (Å²) >= 11 is 1.06. The van der Waals surface area contributed by atoms with Crippen molar-refractivity contribution >= 4 is 56.3 Å². The molecular weight excluding hydrogens is 564 g/mol. The molecule has 0 amide bonds. The van der Waals surface area contributed by atoms with E-state index < -0.39 is 17.9 Å². The van der Waals surface area contributed by atoms with Crippen molar-refractivity contribution in [1.82, 2.24) is 0 Å². The third-order valence-corrected chi connectivity index (χ3v) is 8.10. The van der Waals surface area contributed by atoms with Crippen LogP contribution in [0.25, 0.3) is 21.5 Å². The van der Waals surface area contributed by atoms with Gasteiger partial charge in [-0.15, -0.1) is 0 Å². The largest absolute Gasteiger partial charge is 0.462 e. The second-order valence-electron chi connectivity index (χ2n) is 10.3. The summed E-state index contributed by atoms with van der Waals surface area (Å²) in [6.07, 6.45) is 5.76. The number of ether oxygens (including phenoxy) is 3. The molecular formula is C35H30O7S. The maximum absolute atomic E-state index is 13.1. The molecule has 0 atom stereocenters. The molecule has 7 nitrogen and oxygen atoms in total. The van der Waals surface area contributed by atoms with Crippen molar-refractivity contribution in [2.75, 3.05) is 0 Å². The highest BCUT2D eigenvalue weighted by atomic mass is 32.2. The molecule has 0 N–H and O–H groups in total. The summed E-state index contributed by atoms with van der Waals surface area (Å²) in [5, 5.41) is 3.61. The van der Waals surface area contributed by atoms with Gasteiger partial charge in [0, 0.05) is 22.1 Å². The minimum absolute atomic E-state index is 0.0232. The van der Waals surface area contributed by atoms with E-state index in [1.807, 2.05) is 30.3 Å². The van der Waals surface area contributed by atoms with Gasteiger partial charge in [-0.3, -0.25) is 9.59 Å². The van der Waals surface area contributed by atoms with Gasteiger partial charge in [-0.2, -0.15) is 0 Å². The Morgan fingerprint density at radius 1 is 0.791 bits per heavy atom. The van der Waals surface area contributed by atoms with Gasteiger partial charge in [0.2, 0.25) is 5.12 Å². The Balaban J connectivity index is 1.18. The minimum Gasteiger partial charge on any atom is -0.462 e. The van der Waals surface area contributed by atoms with Crippen LogP contribution in [-0.4, -0.2) is 29.1 Å². The fraction of sp³-hybridized carbons (Fsp3) is 0.200. The zero-order valence-electron chi connectivity index (χ0n) is 23.5. The molecule has 0 saturated heterocycles. The quantitative estimate of drug-likeness (QED) is 0.0638. The Morgan fingerprint density at radius 2 is 1.44 bits per heavy atom. The lowest BCUT2D eigenvalue weighted by Gasteiger charge is -2.21. The lowest BCUT2D eigenvalue weighted by molar-refractivity contribution is -0.150. The molecule has 0 radical (unpaired) electrons. The summed E-state index contributed by atoms with van der Waals surface area (Å²) in [4.78, 5) is 49.9. The van der Waals surface area contributed by atoms with Gasteiger partial charge in [-0.25, -0.2) is 9.59 Å². The lowest BCUT2D eigenvalue weighted by Crippen LogP contribution is -2.22. The minimum atomic E-state index is -0.699. The van der Waals surface area contributed by atoms with Crippen LogP contribution in [-0.2, 0) is 19.1 Å². The normalized spacial score (nSPS) is 13.3. The SMILES string of the molecule is C=CC(=O)Oc1ccc2c(ccc3cc(C(=O)Sc4ccc(OC(=O)C(=C)CC(=O)OC5CCCCC5)cc4)ccc32)c1. The molecule has 1 saturated carbocycles. The molecule has 4 aromatic rings. The first-order valence-corrected chi connectivity index (χ1v) is 14.8. The summed E-state index contributed by atoms with van der Waals surface area (Å²) in [5.41, 5.74) is 0.565. The van der Waals surface area contributed by atoms with E-state index in [1.165, 1.54) is 0 Å². The Kier molecular flexibility index (Phi) is 9.37. The van der Waals surface area contributed by atoms with Crippen molar-refractivity contribution in [2.24, 2.45) is 0 Å². The number of fused-ring (bicyclic) bond motifs is 3. The van der Waals surface area contributed by atoms with Gasteiger partial charge >= 0.3 is 17.9 Å². The van der Waals surface area contributed by atoms with Crippen molar-refractivity contribution in [3.8, 4) is 11.5 Å². The highest BCUT2D eigenvalue weighted by Gasteiger charge is 2.21. The zero-order valence-corrected chi connectivity index (χ0v) is 24.3. The van der Waals surface area contributed by atoms with E-state index in [0.29, 0.717) is 16.2 Å². The summed E-state index contributed by atoms with van der Waals surface area (Å²) in [6.45, 7) is 7.10. The molecule has 8 heteroatoms. The topological polar surface area (TPSA) is 96.0 Å². The van der Waals surface area contributed by atoms with Crippen LogP contribution in [0.4, 0.5) is 0 Å². The average molecular weight is 595 g/mol. The Labute approximate surface area is 253 Å². The standard InChI is InChI=1S/C35H30O7S/c1-3-32(36)41-28-14-18-31-24(21-28)10-9-23-20-25(11-17-30(23)31)35(39)43-29-15-12-27(13-16-29)42-34(38)22(2)19-33(37)40-26-7-5-4-6-8-26/h3,9-18,20-21,26H,1-2,4-8,19H2. The fourth-order valence-electron chi connectivity index (χ4n) is 4.98. The molecule has 4 aromatic carbocycles. The van der Waals surface area contributed by atoms with Crippen LogP contribution in [0.15, 0.2) is 102 Å². The molecule has 218 valence electrons. The Hall–Kier alpha value is -4.69. The summed E-state index contributed by atoms with van der Waals surface area (Å²) < 4.78 is 16.0. The van der Waals surface area contributed by atoms with Gasteiger partial charge in [-0.1, -0.05) is 43.8 Å². The van der Waals surface area contributed by atoms with E-state index >= 15 is 0 Å². The summed E-state index contributed by atoms with van der Waals surface area (Å²) in [6, 6.07) is 21.3. The summed E-state index contributed by atoms with van der Waals surface area (Å²) in [5.74, 6) is -0.980. The van der Waals surface area contributed by atoms with Crippen LogP contribution < -0.4 is 9.47 Å². The number of carbonyl (C=O) groups excluding carboxylic acids is 4. The highest BCUT2D eigenvalue weighted by molar-refractivity contribution is 8.14. The molecule has 0 bridgehead atoms. The molecule has 1 aliphatic carbocycles. The maximum Gasteiger partial charge on any atom is 0.339 e. The van der Waals surface area contributed by atoms with Gasteiger partial charge in [0.15, 0.2) is 0 Å². The summed E-state index contributed by atoms with van der Waals surface area (Å²) in [7, 11) is 0. The number of benzene rings is 4. The van der Waals surface area contributed by atoms with E-state index in [1.54, 1.807) is 42.5 Å². The zero-order chi connectivity index (χ0) is 30.3. The van der Waals surface area contributed by atoms with E-state index in [9.17, 15) is 19.2 Å². The predicted molar refractivity (Wildman–Crippen MR) is 166 cm³/mol. The fourth-order valence-corrected chi connectivity index (χ4v) is 5.71. The Bertz CT molecular complexity index is 1730. The molecule has 1 fully saturated rings. The molecule has 0 aromatic heterocycles. The van der Waals surface area contributed by atoms with Crippen molar-refractivity contribution < 1.29 is 33.4 Å². The second-order valence-corrected chi connectivity index (χ2v) is 11.3. The van der Waals surface area contributed by atoms with E-state index in [2.05, 4.69) is 13.2 Å². The number of rotatable bonds is 9. The number of hydrogen-bond acceptors (Lipinski definition) is 8. The average Bonchev–Trinajstić information content (AvgIpc) is 3.01. The van der Waals surface area contributed by atoms with Crippen molar-refractivity contribution in [3.05, 3.63) is 103 Å². The predicted octanol–water partition coefficient (Wildman–Crippen LogP) is 7.74. The third-order valence-electron chi connectivity index (χ3n) is 7.17. The molecule has 0 aliphatic heterocycles. The molecule has 0 unspecified atom stereocenters. The van der Waals surface area contributed by atoms with Gasteiger partial charge in [0.05, 0.1) is 6.42 Å². The van der Waals surface area contributed by atoms with Crippen LogP contribution in [0.3, 0.4) is 0 Å². The number of carbonyl (C=O) groups is 4. The smallest absolute Gasteiger partial charge is 0.339 e. The van der Waals surface area contributed by atoms with Crippen molar-refractivity contribution in [3.63, 3.8) is 0 Å². The monoisotopic (exact) mass is 594 g/mol. The number of thioether (sulfide) groups is 1. The van der Waals surface area contributed by atoms with Crippen LogP contribution in [0.5, 0.6) is 11.5 Å². The van der Waals surface area contributed by atoms with Gasteiger partial charge in [0.25, 0.3) is 0 Å². The van der Waals surface area contributed by atoms with E-state index in [0.717, 1.165) is 71.5 Å². The maximum atomic E-state index is 13.1.